The minimum atomic E-state index is 0.277. The molecule has 138 valence electrons. The van der Waals surface area contributed by atoms with E-state index < -0.39 is 0 Å². The summed E-state index contributed by atoms with van der Waals surface area (Å²) in [4.78, 5) is 14.7. The Morgan fingerprint density at radius 3 is 2.65 bits per heavy atom. The number of H-pyrrole nitrogens is 1. The van der Waals surface area contributed by atoms with Gasteiger partial charge in [0.15, 0.2) is 0 Å². The lowest BCUT2D eigenvalue weighted by Crippen LogP contribution is -2.38. The lowest BCUT2D eigenvalue weighted by Gasteiger charge is -2.32. The second kappa shape index (κ2) is 7.83. The number of fused-ring (bicyclic) bond motifs is 1. The van der Waals surface area contributed by atoms with Gasteiger partial charge in [-0.2, -0.15) is 5.10 Å². The molecule has 26 heavy (non-hydrogen) atoms. The number of carbonyl (C=O) groups excluding carboxylic acids is 1. The van der Waals surface area contributed by atoms with Crippen molar-refractivity contribution in [2.45, 2.75) is 57.3 Å². The number of carbonyl (C=O) groups is 1. The van der Waals surface area contributed by atoms with Crippen molar-refractivity contribution in [3.63, 3.8) is 0 Å². The van der Waals surface area contributed by atoms with Crippen LogP contribution in [0.1, 0.15) is 60.5 Å². The molecule has 2 heterocycles. The smallest absolute Gasteiger partial charge is 0.222 e. The fraction of sp³-hybridized carbons (Fsp3) is 0.524. The van der Waals surface area contributed by atoms with E-state index in [1.807, 2.05) is 17.0 Å². The summed E-state index contributed by atoms with van der Waals surface area (Å²) < 4.78 is 0. The van der Waals surface area contributed by atoms with Gasteiger partial charge in [-0.3, -0.25) is 9.89 Å². The quantitative estimate of drug-likeness (QED) is 0.871. The normalized spacial score (nSPS) is 18.0. The molecule has 1 saturated heterocycles. The molecule has 1 aromatic carbocycles. The minimum Gasteiger partial charge on any atom is -0.343 e. The number of benzene rings is 1. The zero-order chi connectivity index (χ0) is 17.9. The lowest BCUT2D eigenvalue weighted by molar-refractivity contribution is -0.132. The number of amides is 1. The summed E-state index contributed by atoms with van der Waals surface area (Å²) in [5, 5.41) is 8.39. The summed E-state index contributed by atoms with van der Waals surface area (Å²) in [6.07, 6.45) is 8.11. The van der Waals surface area contributed by atoms with Gasteiger partial charge in [-0.05, 0) is 74.1 Å². The molecule has 2 aliphatic rings. The SMILES string of the molecule is O=C(CCc1[nH]nc2c1CCCC2)N1CCC(c2ccc(Cl)cc2)CC1. The van der Waals surface area contributed by atoms with Crippen LogP contribution in [0, 0.1) is 0 Å². The van der Waals surface area contributed by atoms with Crippen molar-refractivity contribution < 1.29 is 4.79 Å². The maximum Gasteiger partial charge on any atom is 0.222 e. The number of hydrogen-bond acceptors (Lipinski definition) is 2. The summed E-state index contributed by atoms with van der Waals surface area (Å²) in [6, 6.07) is 8.15. The summed E-state index contributed by atoms with van der Waals surface area (Å²) >= 11 is 5.98. The number of hydrogen-bond donors (Lipinski definition) is 1. The highest BCUT2D eigenvalue weighted by molar-refractivity contribution is 6.30. The molecule has 0 spiro atoms. The number of likely N-dealkylation sites (tertiary alicyclic amines) is 1. The monoisotopic (exact) mass is 371 g/mol. The first kappa shape index (κ1) is 17.6. The fourth-order valence-corrected chi connectivity index (χ4v) is 4.46. The molecule has 4 rings (SSSR count). The second-order valence-corrected chi connectivity index (χ2v) is 7.98. The van der Waals surface area contributed by atoms with E-state index in [1.54, 1.807) is 0 Å². The Morgan fingerprint density at radius 1 is 1.15 bits per heavy atom. The highest BCUT2D eigenvalue weighted by atomic mass is 35.5. The molecule has 2 aromatic rings. The molecule has 0 saturated carbocycles. The van der Waals surface area contributed by atoms with E-state index in [2.05, 4.69) is 22.3 Å². The molecule has 1 fully saturated rings. The molecule has 1 aliphatic carbocycles. The standard InChI is InChI=1S/C21H26ClN3O/c22-17-7-5-15(6-8-17)16-11-13-25(14-12-16)21(26)10-9-20-18-3-1-2-4-19(18)23-24-20/h5-8,16H,1-4,9-14H2,(H,23,24). The number of piperidine rings is 1. The van der Waals surface area contributed by atoms with E-state index in [-0.39, 0.29) is 5.91 Å². The van der Waals surface area contributed by atoms with Gasteiger partial charge in [-0.25, -0.2) is 0 Å². The van der Waals surface area contributed by atoms with Gasteiger partial charge in [0.2, 0.25) is 5.91 Å². The third-order valence-corrected chi connectivity index (χ3v) is 6.16. The number of halogens is 1. The van der Waals surface area contributed by atoms with Crippen molar-refractivity contribution >= 4 is 17.5 Å². The zero-order valence-corrected chi connectivity index (χ0v) is 15.9. The van der Waals surface area contributed by atoms with Crippen molar-refractivity contribution in [2.24, 2.45) is 0 Å². The number of nitrogens with one attached hydrogen (secondary N) is 1. The second-order valence-electron chi connectivity index (χ2n) is 7.54. The molecule has 4 nitrogen and oxygen atoms in total. The molecule has 5 heteroatoms. The maximum absolute atomic E-state index is 12.6. The molecule has 1 amide bonds. The molecule has 0 bridgehead atoms. The van der Waals surface area contributed by atoms with Gasteiger partial charge >= 0.3 is 0 Å². The molecule has 1 aromatic heterocycles. The van der Waals surface area contributed by atoms with Crippen LogP contribution in [0.3, 0.4) is 0 Å². The Labute approximate surface area is 159 Å². The van der Waals surface area contributed by atoms with Crippen LogP contribution in [0.5, 0.6) is 0 Å². The first-order chi connectivity index (χ1) is 12.7. The molecule has 0 atom stereocenters. The van der Waals surface area contributed by atoms with Crippen LogP contribution in [0.4, 0.5) is 0 Å². The predicted octanol–water partition coefficient (Wildman–Crippen LogP) is 4.28. The average molecular weight is 372 g/mol. The highest BCUT2D eigenvalue weighted by Crippen LogP contribution is 2.29. The van der Waals surface area contributed by atoms with Crippen molar-refractivity contribution in [3.05, 3.63) is 51.8 Å². The topological polar surface area (TPSA) is 49.0 Å². The van der Waals surface area contributed by atoms with E-state index >= 15 is 0 Å². The predicted molar refractivity (Wildman–Crippen MR) is 104 cm³/mol. The minimum absolute atomic E-state index is 0.277. The number of rotatable bonds is 4. The molecule has 0 unspecified atom stereocenters. The molecule has 1 aliphatic heterocycles. The molecule has 0 radical (unpaired) electrons. The van der Waals surface area contributed by atoms with Gasteiger partial charge in [-0.1, -0.05) is 23.7 Å². The van der Waals surface area contributed by atoms with E-state index in [0.29, 0.717) is 12.3 Å². The van der Waals surface area contributed by atoms with Gasteiger partial charge in [0, 0.05) is 30.2 Å². The number of aromatic amines is 1. The lowest BCUT2D eigenvalue weighted by atomic mass is 9.89. The van der Waals surface area contributed by atoms with Gasteiger partial charge < -0.3 is 4.90 Å². The number of aryl methyl sites for hydroxylation is 2. The molecular formula is C21H26ClN3O. The van der Waals surface area contributed by atoms with E-state index in [9.17, 15) is 4.79 Å². The Balaban J connectivity index is 1.28. The Morgan fingerprint density at radius 2 is 1.88 bits per heavy atom. The fourth-order valence-electron chi connectivity index (χ4n) is 4.33. The Hall–Kier alpha value is -1.81. The summed E-state index contributed by atoms with van der Waals surface area (Å²) in [5.41, 5.74) is 5.13. The first-order valence-electron chi connectivity index (χ1n) is 9.79. The van der Waals surface area contributed by atoms with Crippen LogP contribution in [0.15, 0.2) is 24.3 Å². The molecular weight excluding hydrogens is 346 g/mol. The van der Waals surface area contributed by atoms with Crippen molar-refractivity contribution in [2.75, 3.05) is 13.1 Å². The van der Waals surface area contributed by atoms with Gasteiger partial charge in [-0.15, -0.1) is 0 Å². The van der Waals surface area contributed by atoms with Crippen LogP contribution in [0.2, 0.25) is 5.02 Å². The van der Waals surface area contributed by atoms with Crippen LogP contribution in [-0.4, -0.2) is 34.1 Å². The number of nitrogens with zero attached hydrogens (tertiary/aromatic N) is 2. The maximum atomic E-state index is 12.6. The third-order valence-electron chi connectivity index (χ3n) is 5.91. The Kier molecular flexibility index (Phi) is 5.30. The third kappa shape index (κ3) is 3.80. The summed E-state index contributed by atoms with van der Waals surface area (Å²) in [7, 11) is 0. The summed E-state index contributed by atoms with van der Waals surface area (Å²) in [5.74, 6) is 0.814. The van der Waals surface area contributed by atoms with Gasteiger partial charge in [0.1, 0.15) is 0 Å². The van der Waals surface area contributed by atoms with Crippen molar-refractivity contribution in [1.82, 2.24) is 15.1 Å². The summed E-state index contributed by atoms with van der Waals surface area (Å²) in [6.45, 7) is 1.71. The average Bonchev–Trinajstić information content (AvgIpc) is 3.10. The van der Waals surface area contributed by atoms with E-state index in [0.717, 1.165) is 50.2 Å². The van der Waals surface area contributed by atoms with Crippen LogP contribution >= 0.6 is 11.6 Å². The van der Waals surface area contributed by atoms with Crippen LogP contribution < -0.4 is 0 Å². The number of aromatic nitrogens is 2. The van der Waals surface area contributed by atoms with Crippen LogP contribution in [-0.2, 0) is 24.1 Å². The largest absolute Gasteiger partial charge is 0.343 e. The zero-order valence-electron chi connectivity index (χ0n) is 15.1. The van der Waals surface area contributed by atoms with Gasteiger partial charge in [0.25, 0.3) is 0 Å². The van der Waals surface area contributed by atoms with E-state index in [1.165, 1.54) is 35.4 Å². The van der Waals surface area contributed by atoms with Gasteiger partial charge in [0.05, 0.1) is 5.69 Å². The van der Waals surface area contributed by atoms with Crippen LogP contribution in [0.25, 0.3) is 0 Å². The highest BCUT2D eigenvalue weighted by Gasteiger charge is 2.24. The van der Waals surface area contributed by atoms with E-state index in [4.69, 9.17) is 11.6 Å². The molecule has 1 N–H and O–H groups in total. The Bertz CT molecular complexity index is 760. The van der Waals surface area contributed by atoms with Crippen molar-refractivity contribution in [1.29, 1.82) is 0 Å². The van der Waals surface area contributed by atoms with Crippen molar-refractivity contribution in [3.8, 4) is 0 Å². The first-order valence-corrected chi connectivity index (χ1v) is 10.2.